The molecule has 4 heteroatoms. The summed E-state index contributed by atoms with van der Waals surface area (Å²) in [6, 6.07) is 3.81. The van der Waals surface area contributed by atoms with Crippen molar-refractivity contribution in [1.82, 2.24) is 4.98 Å². The summed E-state index contributed by atoms with van der Waals surface area (Å²) in [6.07, 6.45) is 6.14. The Balaban J connectivity index is 2.24. The van der Waals surface area contributed by atoms with Crippen molar-refractivity contribution in [1.29, 1.82) is 0 Å². The second-order valence-corrected chi connectivity index (χ2v) is 4.53. The molecule has 1 fully saturated rings. The van der Waals surface area contributed by atoms with Crippen LogP contribution in [0.5, 0.6) is 0 Å². The van der Waals surface area contributed by atoms with E-state index in [0.29, 0.717) is 11.6 Å². The third kappa shape index (κ3) is 2.64. The number of carbonyl (C=O) groups excluding carboxylic acids is 1. The molecule has 1 aliphatic carbocycles. The Labute approximate surface area is 101 Å². The lowest BCUT2D eigenvalue weighted by atomic mass is 9.81. The maximum absolute atomic E-state index is 11.3. The molecule has 1 aromatic rings. The second-order valence-electron chi connectivity index (χ2n) is 4.53. The van der Waals surface area contributed by atoms with E-state index in [-0.39, 0.29) is 6.10 Å². The molecule has 1 amide bonds. The van der Waals surface area contributed by atoms with E-state index in [1.807, 2.05) is 12.1 Å². The molecule has 0 spiro atoms. The van der Waals surface area contributed by atoms with Crippen LogP contribution in [-0.2, 0) is 4.74 Å². The quantitative estimate of drug-likeness (QED) is 0.868. The molecular weight excluding hydrogens is 216 g/mol. The molecule has 0 radical (unpaired) electrons. The van der Waals surface area contributed by atoms with E-state index in [0.717, 1.165) is 31.2 Å². The minimum Gasteiger partial charge on any atom is -0.381 e. The lowest BCUT2D eigenvalue weighted by Crippen LogP contribution is -2.23. The summed E-state index contributed by atoms with van der Waals surface area (Å²) >= 11 is 0. The predicted molar refractivity (Wildman–Crippen MR) is 64.8 cm³/mol. The first kappa shape index (κ1) is 12.0. The summed E-state index contributed by atoms with van der Waals surface area (Å²) < 4.78 is 5.41. The molecule has 4 nitrogen and oxygen atoms in total. The van der Waals surface area contributed by atoms with Gasteiger partial charge in [0.2, 0.25) is 0 Å². The molecule has 2 rings (SSSR count). The van der Waals surface area contributed by atoms with Gasteiger partial charge in [0.15, 0.2) is 0 Å². The normalized spacial score (nSPS) is 24.5. The smallest absolute Gasteiger partial charge is 0.267 e. The first-order valence-electron chi connectivity index (χ1n) is 6.00. The Morgan fingerprint density at radius 3 is 3.06 bits per heavy atom. The van der Waals surface area contributed by atoms with Crippen molar-refractivity contribution >= 4 is 5.91 Å². The maximum Gasteiger partial charge on any atom is 0.267 e. The predicted octanol–water partition coefficient (Wildman–Crippen LogP) is 1.85. The first-order valence-corrected chi connectivity index (χ1v) is 6.00. The molecule has 17 heavy (non-hydrogen) atoms. The number of hydrogen-bond acceptors (Lipinski definition) is 3. The highest BCUT2D eigenvalue weighted by atomic mass is 16.5. The number of rotatable bonds is 3. The van der Waals surface area contributed by atoms with Gasteiger partial charge in [0.1, 0.15) is 5.69 Å². The van der Waals surface area contributed by atoms with Crippen LogP contribution in [0.15, 0.2) is 18.3 Å². The summed E-state index contributed by atoms with van der Waals surface area (Å²) in [4.78, 5) is 15.4. The van der Waals surface area contributed by atoms with Crippen LogP contribution in [0.1, 0.15) is 47.7 Å². The number of primary amides is 1. The van der Waals surface area contributed by atoms with Crippen molar-refractivity contribution < 1.29 is 9.53 Å². The third-order valence-corrected chi connectivity index (χ3v) is 3.47. The Hall–Kier alpha value is -1.42. The molecule has 0 aromatic carbocycles. The van der Waals surface area contributed by atoms with E-state index in [1.165, 1.54) is 0 Å². The van der Waals surface area contributed by atoms with Gasteiger partial charge in [-0.2, -0.15) is 0 Å². The minimum atomic E-state index is -0.444. The van der Waals surface area contributed by atoms with Gasteiger partial charge < -0.3 is 10.5 Å². The highest BCUT2D eigenvalue weighted by molar-refractivity contribution is 5.92. The summed E-state index contributed by atoms with van der Waals surface area (Å²) in [5.74, 6) is -0.106. The molecule has 1 saturated carbocycles. The summed E-state index contributed by atoms with van der Waals surface area (Å²) in [5, 5.41) is 0. The van der Waals surface area contributed by atoms with Crippen molar-refractivity contribution in [2.75, 3.05) is 7.11 Å². The average Bonchev–Trinajstić information content (AvgIpc) is 2.39. The standard InChI is InChI=1S/C13H18N2O2/c1-17-10-5-2-4-9(8-10)11-6-3-7-15-12(11)13(14)16/h3,6-7,9-10H,2,4-5,8H2,1H3,(H2,14,16). The number of methoxy groups -OCH3 is 1. The fraction of sp³-hybridized carbons (Fsp3) is 0.538. The number of carbonyl (C=O) groups is 1. The van der Waals surface area contributed by atoms with Gasteiger partial charge in [-0.15, -0.1) is 0 Å². The monoisotopic (exact) mass is 234 g/mol. The van der Waals surface area contributed by atoms with Crippen molar-refractivity contribution in [3.05, 3.63) is 29.6 Å². The Morgan fingerprint density at radius 2 is 2.35 bits per heavy atom. The highest BCUT2D eigenvalue weighted by Crippen LogP contribution is 2.34. The van der Waals surface area contributed by atoms with Gasteiger partial charge in [-0.25, -0.2) is 0 Å². The van der Waals surface area contributed by atoms with Crippen molar-refractivity contribution in [3.8, 4) is 0 Å². The summed E-state index contributed by atoms with van der Waals surface area (Å²) in [5.41, 5.74) is 6.74. The largest absolute Gasteiger partial charge is 0.381 e. The van der Waals surface area contributed by atoms with E-state index >= 15 is 0 Å². The topological polar surface area (TPSA) is 65.2 Å². The van der Waals surface area contributed by atoms with Crippen LogP contribution in [0.2, 0.25) is 0 Å². The lowest BCUT2D eigenvalue weighted by Gasteiger charge is -2.29. The van der Waals surface area contributed by atoms with Gasteiger partial charge >= 0.3 is 0 Å². The van der Waals surface area contributed by atoms with E-state index in [2.05, 4.69) is 4.98 Å². The average molecular weight is 234 g/mol. The van der Waals surface area contributed by atoms with Crippen LogP contribution in [0, 0.1) is 0 Å². The molecule has 0 bridgehead atoms. The molecule has 2 N–H and O–H groups in total. The molecule has 1 aliphatic rings. The van der Waals surface area contributed by atoms with Gasteiger partial charge in [0.05, 0.1) is 6.10 Å². The number of hydrogen-bond donors (Lipinski definition) is 1. The van der Waals surface area contributed by atoms with Gasteiger partial charge in [0.25, 0.3) is 5.91 Å². The van der Waals surface area contributed by atoms with Crippen LogP contribution < -0.4 is 5.73 Å². The Kier molecular flexibility index (Phi) is 3.74. The molecule has 2 unspecified atom stereocenters. The van der Waals surface area contributed by atoms with Crippen LogP contribution in [-0.4, -0.2) is 24.1 Å². The highest BCUT2D eigenvalue weighted by Gasteiger charge is 2.26. The van der Waals surface area contributed by atoms with Crippen LogP contribution in [0.4, 0.5) is 0 Å². The SMILES string of the molecule is COC1CCCC(c2cccnc2C(N)=O)C1. The van der Waals surface area contributed by atoms with Gasteiger partial charge in [-0.05, 0) is 36.8 Å². The molecule has 1 aromatic heterocycles. The van der Waals surface area contributed by atoms with Crippen molar-refractivity contribution in [2.45, 2.75) is 37.7 Å². The zero-order valence-corrected chi connectivity index (χ0v) is 10.1. The molecular formula is C13H18N2O2. The van der Waals surface area contributed by atoms with E-state index in [4.69, 9.17) is 10.5 Å². The maximum atomic E-state index is 11.3. The third-order valence-electron chi connectivity index (χ3n) is 3.47. The molecule has 0 saturated heterocycles. The Morgan fingerprint density at radius 1 is 1.53 bits per heavy atom. The molecule has 1 heterocycles. The van der Waals surface area contributed by atoms with E-state index < -0.39 is 5.91 Å². The van der Waals surface area contributed by atoms with Gasteiger partial charge in [-0.3, -0.25) is 9.78 Å². The zero-order chi connectivity index (χ0) is 12.3. The zero-order valence-electron chi connectivity index (χ0n) is 10.1. The fourth-order valence-electron chi connectivity index (χ4n) is 2.59. The van der Waals surface area contributed by atoms with Crippen LogP contribution >= 0.6 is 0 Å². The number of nitrogens with zero attached hydrogens (tertiary/aromatic N) is 1. The summed E-state index contributed by atoms with van der Waals surface area (Å²) in [6.45, 7) is 0. The van der Waals surface area contributed by atoms with Crippen molar-refractivity contribution in [2.24, 2.45) is 5.73 Å². The number of aromatic nitrogens is 1. The van der Waals surface area contributed by atoms with E-state index in [9.17, 15) is 4.79 Å². The molecule has 2 atom stereocenters. The first-order chi connectivity index (χ1) is 8.22. The van der Waals surface area contributed by atoms with Gasteiger partial charge in [0, 0.05) is 13.3 Å². The fourth-order valence-corrected chi connectivity index (χ4v) is 2.59. The van der Waals surface area contributed by atoms with Crippen molar-refractivity contribution in [3.63, 3.8) is 0 Å². The van der Waals surface area contributed by atoms with Crippen LogP contribution in [0.3, 0.4) is 0 Å². The molecule has 92 valence electrons. The minimum absolute atomic E-state index is 0.287. The molecule has 0 aliphatic heterocycles. The number of pyridine rings is 1. The number of amides is 1. The van der Waals surface area contributed by atoms with Gasteiger partial charge in [-0.1, -0.05) is 12.5 Å². The van der Waals surface area contributed by atoms with Crippen LogP contribution in [0.25, 0.3) is 0 Å². The van der Waals surface area contributed by atoms with E-state index in [1.54, 1.807) is 13.3 Å². The second kappa shape index (κ2) is 5.27. The summed E-state index contributed by atoms with van der Waals surface area (Å²) in [7, 11) is 1.74. The lowest BCUT2D eigenvalue weighted by molar-refractivity contribution is 0.0632. The Bertz CT molecular complexity index is 406. The number of nitrogens with two attached hydrogens (primary N) is 1. The number of ether oxygens (including phenoxy) is 1.